The summed E-state index contributed by atoms with van der Waals surface area (Å²) in [5, 5.41) is 10.6. The van der Waals surface area contributed by atoms with E-state index in [-0.39, 0.29) is 23.6 Å². The summed E-state index contributed by atoms with van der Waals surface area (Å²) in [6, 6.07) is 3.08. The predicted octanol–water partition coefficient (Wildman–Crippen LogP) is 2.42. The summed E-state index contributed by atoms with van der Waals surface area (Å²) < 4.78 is 33.5. The van der Waals surface area contributed by atoms with Gasteiger partial charge in [0.2, 0.25) is 0 Å². The molecule has 0 unspecified atom stereocenters. The minimum absolute atomic E-state index is 0.0514. The zero-order valence-electron chi connectivity index (χ0n) is 9.97. The van der Waals surface area contributed by atoms with Crippen LogP contribution in [0.2, 0.25) is 0 Å². The van der Waals surface area contributed by atoms with Crippen molar-refractivity contribution in [2.24, 2.45) is 0 Å². The lowest BCUT2D eigenvalue weighted by Crippen LogP contribution is -2.12. The number of carbonyl (C=O) groups is 1. The second-order valence-corrected chi connectivity index (χ2v) is 3.36. The van der Waals surface area contributed by atoms with Gasteiger partial charge in [0.15, 0.2) is 0 Å². The first-order valence-corrected chi connectivity index (χ1v) is 5.32. The Morgan fingerprint density at radius 2 is 2.16 bits per heavy atom. The number of alkyl halides is 2. The van der Waals surface area contributed by atoms with E-state index in [2.05, 4.69) is 4.74 Å². The number of rotatable bonds is 6. The highest BCUT2D eigenvalue weighted by Gasteiger charge is 2.19. The second kappa shape index (κ2) is 6.62. The molecule has 0 bridgehead atoms. The van der Waals surface area contributed by atoms with Crippen LogP contribution in [-0.4, -0.2) is 30.5 Å². The Hall–Kier alpha value is -2.25. The summed E-state index contributed by atoms with van der Waals surface area (Å²) in [7, 11) is 0. The third-order valence-corrected chi connectivity index (χ3v) is 2.03. The molecule has 104 valence electrons. The Morgan fingerprint density at radius 1 is 1.47 bits per heavy atom. The molecule has 1 aromatic rings. The van der Waals surface area contributed by atoms with E-state index in [9.17, 15) is 23.7 Å². The normalized spacial score (nSPS) is 10.3. The molecule has 0 fully saturated rings. The van der Waals surface area contributed by atoms with Crippen LogP contribution >= 0.6 is 0 Å². The van der Waals surface area contributed by atoms with Crippen molar-refractivity contribution in [3.63, 3.8) is 0 Å². The molecule has 1 rings (SSSR count). The number of non-ortho nitro benzene ring substituents is 1. The summed E-state index contributed by atoms with van der Waals surface area (Å²) in [4.78, 5) is 21.5. The van der Waals surface area contributed by atoms with Gasteiger partial charge in [0.05, 0.1) is 11.5 Å². The van der Waals surface area contributed by atoms with Gasteiger partial charge in [-0.05, 0) is 13.0 Å². The third kappa shape index (κ3) is 4.16. The number of nitro benzene ring substituents is 1. The highest BCUT2D eigenvalue weighted by molar-refractivity contribution is 5.93. The van der Waals surface area contributed by atoms with Crippen LogP contribution in [0.25, 0.3) is 0 Å². The highest BCUT2D eigenvalue weighted by Crippen LogP contribution is 2.25. The zero-order valence-corrected chi connectivity index (χ0v) is 9.97. The van der Waals surface area contributed by atoms with Crippen molar-refractivity contribution in [2.75, 3.05) is 13.2 Å². The van der Waals surface area contributed by atoms with Crippen molar-refractivity contribution in [3.05, 3.63) is 33.9 Å². The maximum absolute atomic E-state index is 12.1. The first-order valence-electron chi connectivity index (χ1n) is 5.32. The molecule has 0 spiro atoms. The first-order chi connectivity index (χ1) is 8.95. The Balaban J connectivity index is 3.07. The fraction of sp³-hybridized carbons (Fsp3) is 0.364. The molecule has 8 heteroatoms. The van der Waals surface area contributed by atoms with E-state index in [0.29, 0.717) is 0 Å². The molecule has 0 aliphatic carbocycles. The molecule has 0 atom stereocenters. The number of carbonyl (C=O) groups excluding carboxylic acids is 1. The Labute approximate surface area is 107 Å². The van der Waals surface area contributed by atoms with E-state index in [4.69, 9.17) is 4.74 Å². The van der Waals surface area contributed by atoms with Crippen LogP contribution in [0.5, 0.6) is 5.75 Å². The summed E-state index contributed by atoms with van der Waals surface area (Å²) in [5.74, 6) is -1.04. The van der Waals surface area contributed by atoms with E-state index < -0.39 is 23.9 Å². The van der Waals surface area contributed by atoms with Gasteiger partial charge < -0.3 is 9.47 Å². The number of hydrogen-bond acceptors (Lipinski definition) is 5. The lowest BCUT2D eigenvalue weighted by Gasteiger charge is -2.10. The van der Waals surface area contributed by atoms with E-state index in [1.807, 2.05) is 0 Å². The Morgan fingerprint density at radius 3 is 2.68 bits per heavy atom. The quantitative estimate of drug-likeness (QED) is 0.452. The summed E-state index contributed by atoms with van der Waals surface area (Å²) in [6.07, 6.45) is -2.72. The fourth-order valence-electron chi connectivity index (χ4n) is 1.28. The average molecular weight is 275 g/mol. The minimum Gasteiger partial charge on any atom is -0.487 e. The summed E-state index contributed by atoms with van der Waals surface area (Å²) >= 11 is 0. The van der Waals surface area contributed by atoms with Gasteiger partial charge in [-0.2, -0.15) is 0 Å². The first kappa shape index (κ1) is 14.8. The number of benzene rings is 1. The molecule has 0 heterocycles. The lowest BCUT2D eigenvalue weighted by molar-refractivity contribution is -0.384. The molecule has 0 aliphatic heterocycles. The number of nitrogens with zero attached hydrogens (tertiary/aromatic N) is 1. The van der Waals surface area contributed by atoms with Gasteiger partial charge in [-0.25, -0.2) is 13.6 Å². The molecule has 0 radical (unpaired) electrons. The minimum atomic E-state index is -2.72. The molecular weight excluding hydrogens is 264 g/mol. The maximum Gasteiger partial charge on any atom is 0.342 e. The van der Waals surface area contributed by atoms with Gasteiger partial charge in [0.1, 0.15) is 17.9 Å². The largest absolute Gasteiger partial charge is 0.487 e. The van der Waals surface area contributed by atoms with Crippen LogP contribution in [-0.2, 0) is 4.74 Å². The van der Waals surface area contributed by atoms with Crippen molar-refractivity contribution in [1.29, 1.82) is 0 Å². The van der Waals surface area contributed by atoms with Crippen LogP contribution in [0.15, 0.2) is 18.2 Å². The number of esters is 1. The molecule has 0 aliphatic rings. The molecule has 6 nitrogen and oxygen atoms in total. The lowest BCUT2D eigenvalue weighted by atomic mass is 10.2. The Kier molecular flexibility index (Phi) is 5.16. The topological polar surface area (TPSA) is 78.7 Å². The molecule has 0 N–H and O–H groups in total. The standard InChI is InChI=1S/C11H11F2NO5/c1-2-18-11(15)8-5-7(14(16)17)3-4-9(8)19-6-10(12)13/h3-5,10H,2,6H2,1H3. The van der Waals surface area contributed by atoms with Crippen molar-refractivity contribution >= 4 is 11.7 Å². The van der Waals surface area contributed by atoms with Crippen molar-refractivity contribution < 1.29 is 28.0 Å². The van der Waals surface area contributed by atoms with Crippen LogP contribution in [0.3, 0.4) is 0 Å². The van der Waals surface area contributed by atoms with Crippen LogP contribution in [0, 0.1) is 10.1 Å². The smallest absolute Gasteiger partial charge is 0.342 e. The molecule has 0 saturated heterocycles. The van der Waals surface area contributed by atoms with Crippen LogP contribution in [0.4, 0.5) is 14.5 Å². The highest BCUT2D eigenvalue weighted by atomic mass is 19.3. The SMILES string of the molecule is CCOC(=O)c1cc([N+](=O)[O-])ccc1OCC(F)F. The molecule has 0 amide bonds. The molecule has 19 heavy (non-hydrogen) atoms. The number of nitro groups is 1. The summed E-state index contributed by atoms with van der Waals surface area (Å²) in [5.41, 5.74) is -0.607. The molecule has 1 aromatic carbocycles. The Bertz CT molecular complexity index is 478. The van der Waals surface area contributed by atoms with Crippen LogP contribution < -0.4 is 4.74 Å². The van der Waals surface area contributed by atoms with Gasteiger partial charge in [-0.1, -0.05) is 0 Å². The van der Waals surface area contributed by atoms with Gasteiger partial charge in [-0.15, -0.1) is 0 Å². The number of halogens is 2. The monoisotopic (exact) mass is 275 g/mol. The van der Waals surface area contributed by atoms with E-state index in [1.54, 1.807) is 6.92 Å². The second-order valence-electron chi connectivity index (χ2n) is 3.36. The van der Waals surface area contributed by atoms with Crippen LogP contribution in [0.1, 0.15) is 17.3 Å². The third-order valence-electron chi connectivity index (χ3n) is 2.03. The maximum atomic E-state index is 12.1. The van der Waals surface area contributed by atoms with E-state index in [1.165, 1.54) is 0 Å². The average Bonchev–Trinajstić information content (AvgIpc) is 2.36. The van der Waals surface area contributed by atoms with Gasteiger partial charge >= 0.3 is 5.97 Å². The molecule has 0 aromatic heterocycles. The van der Waals surface area contributed by atoms with Gasteiger partial charge in [-0.3, -0.25) is 10.1 Å². The van der Waals surface area contributed by atoms with Gasteiger partial charge in [0, 0.05) is 12.1 Å². The predicted molar refractivity (Wildman–Crippen MR) is 60.6 cm³/mol. The summed E-state index contributed by atoms with van der Waals surface area (Å²) in [6.45, 7) is 0.689. The number of hydrogen-bond donors (Lipinski definition) is 0. The zero-order chi connectivity index (χ0) is 14.4. The van der Waals surface area contributed by atoms with Crippen molar-refractivity contribution in [2.45, 2.75) is 13.3 Å². The van der Waals surface area contributed by atoms with E-state index >= 15 is 0 Å². The van der Waals surface area contributed by atoms with E-state index in [0.717, 1.165) is 18.2 Å². The van der Waals surface area contributed by atoms with Crippen molar-refractivity contribution in [1.82, 2.24) is 0 Å². The number of ether oxygens (including phenoxy) is 2. The fourth-order valence-corrected chi connectivity index (χ4v) is 1.28. The molecule has 0 saturated carbocycles. The molecular formula is C11H11F2NO5. The van der Waals surface area contributed by atoms with Gasteiger partial charge in [0.25, 0.3) is 12.1 Å². The van der Waals surface area contributed by atoms with Crippen molar-refractivity contribution in [3.8, 4) is 5.75 Å².